The number of carbonyl (C=O) groups excluding carboxylic acids is 2. The molecule has 2 amide bonds. The van der Waals surface area contributed by atoms with Gasteiger partial charge >= 0.3 is 0 Å². The van der Waals surface area contributed by atoms with Crippen LogP contribution in [0, 0.1) is 5.82 Å². The summed E-state index contributed by atoms with van der Waals surface area (Å²) in [6, 6.07) is 26.6. The van der Waals surface area contributed by atoms with E-state index >= 15 is 0 Å². The Morgan fingerprint density at radius 3 is 2.33 bits per heavy atom. The third kappa shape index (κ3) is 6.00. The summed E-state index contributed by atoms with van der Waals surface area (Å²) < 4.78 is 13.0. The number of benzene rings is 4. The first-order chi connectivity index (χ1) is 17.4. The average Bonchev–Trinajstić information content (AvgIpc) is 2.89. The highest BCUT2D eigenvalue weighted by Gasteiger charge is 2.18. The molecule has 4 rings (SSSR count). The lowest BCUT2D eigenvalue weighted by Crippen LogP contribution is -2.33. The fourth-order valence-corrected chi connectivity index (χ4v) is 4.00. The van der Waals surface area contributed by atoms with E-state index in [1.165, 1.54) is 18.2 Å². The fraction of sp³-hybridized carbons (Fsp3) is 0.0690. The number of fused-ring (bicyclic) bond motifs is 1. The maximum Gasteiger partial charge on any atom is 0.258 e. The largest absolute Gasteiger partial charge is 0.332 e. The average molecular weight is 498 g/mol. The summed E-state index contributed by atoms with van der Waals surface area (Å²) in [6.45, 7) is 2.47. The predicted molar refractivity (Wildman–Crippen MR) is 148 cm³/mol. The van der Waals surface area contributed by atoms with Crippen molar-refractivity contribution in [2.24, 2.45) is 0 Å². The molecule has 36 heavy (non-hydrogen) atoms. The minimum atomic E-state index is -0.419. The van der Waals surface area contributed by atoms with E-state index in [1.54, 1.807) is 47.4 Å². The van der Waals surface area contributed by atoms with Gasteiger partial charge in [0.25, 0.3) is 5.91 Å². The van der Waals surface area contributed by atoms with Crippen LogP contribution in [0.25, 0.3) is 16.8 Å². The lowest BCUT2D eigenvalue weighted by Gasteiger charge is -2.23. The van der Waals surface area contributed by atoms with E-state index in [0.29, 0.717) is 23.4 Å². The summed E-state index contributed by atoms with van der Waals surface area (Å²) in [7, 11) is 0. The van der Waals surface area contributed by atoms with Gasteiger partial charge in [-0.25, -0.2) is 4.39 Å². The van der Waals surface area contributed by atoms with Crippen molar-refractivity contribution < 1.29 is 14.0 Å². The molecule has 5 nitrogen and oxygen atoms in total. The van der Waals surface area contributed by atoms with Gasteiger partial charge in [0.2, 0.25) is 5.91 Å². The van der Waals surface area contributed by atoms with E-state index in [0.717, 1.165) is 16.5 Å². The van der Waals surface area contributed by atoms with E-state index in [1.807, 2.05) is 49.4 Å². The number of hydrogen-bond donors (Lipinski definition) is 2. The zero-order valence-electron chi connectivity index (χ0n) is 19.6. The Kier molecular flexibility index (Phi) is 7.82. The minimum Gasteiger partial charge on any atom is -0.332 e. The molecular weight excluding hydrogens is 473 g/mol. The molecule has 0 aromatic heterocycles. The number of nitrogens with zero attached hydrogens (tertiary/aromatic N) is 1. The number of thiocarbonyl (C=S) groups is 1. The van der Waals surface area contributed by atoms with Crippen LogP contribution in [-0.4, -0.2) is 23.5 Å². The fourth-order valence-electron chi connectivity index (χ4n) is 3.78. The Hall–Kier alpha value is -4.36. The highest BCUT2D eigenvalue weighted by atomic mass is 32.1. The van der Waals surface area contributed by atoms with Gasteiger partial charge in [-0.2, -0.15) is 0 Å². The molecule has 0 bridgehead atoms. The van der Waals surface area contributed by atoms with Crippen molar-refractivity contribution in [3.05, 3.63) is 114 Å². The van der Waals surface area contributed by atoms with Crippen LogP contribution < -0.4 is 15.5 Å². The van der Waals surface area contributed by atoms with Crippen LogP contribution in [0.15, 0.2) is 97.1 Å². The molecule has 0 unspecified atom stereocenters. The molecule has 0 atom stereocenters. The van der Waals surface area contributed by atoms with Crippen LogP contribution in [0.5, 0.6) is 0 Å². The maximum atomic E-state index is 13.3. The summed E-state index contributed by atoms with van der Waals surface area (Å²) in [5, 5.41) is 7.70. The third-order valence-electron chi connectivity index (χ3n) is 5.54. The van der Waals surface area contributed by atoms with Gasteiger partial charge in [-0.1, -0.05) is 48.5 Å². The quantitative estimate of drug-likeness (QED) is 0.247. The first-order valence-electron chi connectivity index (χ1n) is 11.4. The summed E-state index contributed by atoms with van der Waals surface area (Å²) in [4.78, 5) is 27.2. The molecule has 0 heterocycles. The van der Waals surface area contributed by atoms with Gasteiger partial charge in [0.15, 0.2) is 5.11 Å². The van der Waals surface area contributed by atoms with E-state index in [4.69, 9.17) is 12.2 Å². The van der Waals surface area contributed by atoms with Gasteiger partial charge in [0.1, 0.15) is 5.82 Å². The lowest BCUT2D eigenvalue weighted by molar-refractivity contribution is -0.115. The molecule has 0 aliphatic heterocycles. The first-order valence-corrected chi connectivity index (χ1v) is 11.8. The van der Waals surface area contributed by atoms with Crippen molar-refractivity contribution in [1.82, 2.24) is 5.32 Å². The van der Waals surface area contributed by atoms with Gasteiger partial charge in [-0.15, -0.1) is 0 Å². The van der Waals surface area contributed by atoms with Crippen molar-refractivity contribution in [1.29, 1.82) is 0 Å². The topological polar surface area (TPSA) is 61.4 Å². The smallest absolute Gasteiger partial charge is 0.258 e. The summed E-state index contributed by atoms with van der Waals surface area (Å²) in [5.74, 6) is -0.870. The lowest BCUT2D eigenvalue weighted by atomic mass is 10.1. The predicted octanol–water partition coefficient (Wildman–Crippen LogP) is 6.17. The molecule has 0 spiro atoms. The molecule has 4 aromatic rings. The molecule has 4 aromatic carbocycles. The normalized spacial score (nSPS) is 10.8. The SMILES string of the molecule is CCN(C(=O)c1ccc(NC(=S)NC(=O)/C=C/c2ccc(F)cc2)cc1)c1cccc2ccccc12. The Morgan fingerprint density at radius 1 is 0.917 bits per heavy atom. The van der Waals surface area contributed by atoms with Crippen LogP contribution in [0.3, 0.4) is 0 Å². The number of hydrogen-bond acceptors (Lipinski definition) is 3. The second-order valence-electron chi connectivity index (χ2n) is 7.95. The zero-order chi connectivity index (χ0) is 25.5. The Labute approximate surface area is 214 Å². The molecule has 0 saturated carbocycles. The first kappa shape index (κ1) is 24.8. The van der Waals surface area contributed by atoms with Crippen molar-refractivity contribution in [2.45, 2.75) is 6.92 Å². The Balaban J connectivity index is 1.39. The number of nitrogens with one attached hydrogen (secondary N) is 2. The standard InChI is InChI=1S/C29H24FN3O2S/c1-2-33(26-9-5-7-21-6-3-4-8-25(21)26)28(35)22-13-17-24(18-14-22)31-29(36)32-27(34)19-12-20-10-15-23(30)16-11-20/h3-19H,2H2,1H3,(H2,31,32,34,36)/b19-12+. The van der Waals surface area contributed by atoms with Crippen LogP contribution in [0.1, 0.15) is 22.8 Å². The molecular formula is C29H24FN3O2S. The Bertz CT molecular complexity index is 1430. The number of anilines is 2. The number of rotatable bonds is 6. The van der Waals surface area contributed by atoms with Gasteiger partial charge in [0.05, 0.1) is 5.69 Å². The third-order valence-corrected chi connectivity index (χ3v) is 5.75. The highest BCUT2D eigenvalue weighted by Crippen LogP contribution is 2.28. The van der Waals surface area contributed by atoms with Crippen molar-refractivity contribution >= 4 is 57.4 Å². The van der Waals surface area contributed by atoms with Gasteiger partial charge in [-0.05, 0) is 78.6 Å². The molecule has 0 fully saturated rings. The van der Waals surface area contributed by atoms with Crippen LogP contribution >= 0.6 is 12.2 Å². The minimum absolute atomic E-state index is 0.109. The summed E-state index contributed by atoms with van der Waals surface area (Å²) in [6.07, 6.45) is 2.88. The second-order valence-corrected chi connectivity index (χ2v) is 8.36. The maximum absolute atomic E-state index is 13.3. The van der Waals surface area contributed by atoms with Crippen LogP contribution in [-0.2, 0) is 4.79 Å². The second kappa shape index (κ2) is 11.4. The van der Waals surface area contributed by atoms with E-state index < -0.39 is 5.91 Å². The zero-order valence-corrected chi connectivity index (χ0v) is 20.4. The highest BCUT2D eigenvalue weighted by molar-refractivity contribution is 7.80. The van der Waals surface area contributed by atoms with Gasteiger partial charge in [0, 0.05) is 29.3 Å². The summed E-state index contributed by atoms with van der Waals surface area (Å²) >= 11 is 5.21. The van der Waals surface area contributed by atoms with Crippen LogP contribution in [0.2, 0.25) is 0 Å². The molecule has 7 heteroatoms. The molecule has 0 saturated heterocycles. The van der Waals surface area contributed by atoms with Crippen LogP contribution in [0.4, 0.5) is 15.8 Å². The monoisotopic (exact) mass is 497 g/mol. The number of carbonyl (C=O) groups is 2. The van der Waals surface area contributed by atoms with Gasteiger partial charge in [-0.3, -0.25) is 14.9 Å². The number of amides is 2. The number of halogens is 1. The van der Waals surface area contributed by atoms with E-state index in [-0.39, 0.29) is 16.8 Å². The Morgan fingerprint density at radius 2 is 1.61 bits per heavy atom. The molecule has 0 aliphatic carbocycles. The van der Waals surface area contributed by atoms with Gasteiger partial charge < -0.3 is 10.2 Å². The molecule has 2 N–H and O–H groups in total. The summed E-state index contributed by atoms with van der Waals surface area (Å²) in [5.41, 5.74) is 2.72. The van der Waals surface area contributed by atoms with Crippen molar-refractivity contribution in [3.63, 3.8) is 0 Å². The van der Waals surface area contributed by atoms with E-state index in [9.17, 15) is 14.0 Å². The molecule has 0 aliphatic rings. The van der Waals surface area contributed by atoms with E-state index in [2.05, 4.69) is 10.6 Å². The molecule has 0 radical (unpaired) electrons. The van der Waals surface area contributed by atoms with Crippen molar-refractivity contribution in [2.75, 3.05) is 16.8 Å². The molecule has 180 valence electrons. The van der Waals surface area contributed by atoms with Crippen molar-refractivity contribution in [3.8, 4) is 0 Å².